The molecule has 0 radical (unpaired) electrons. The van der Waals surface area contributed by atoms with Gasteiger partial charge in [0.2, 0.25) is 5.91 Å². The van der Waals surface area contributed by atoms with Gasteiger partial charge >= 0.3 is 0 Å². The van der Waals surface area contributed by atoms with Crippen molar-refractivity contribution in [2.24, 2.45) is 17.8 Å². The van der Waals surface area contributed by atoms with Gasteiger partial charge in [-0.1, -0.05) is 26.7 Å². The van der Waals surface area contributed by atoms with Gasteiger partial charge in [0.05, 0.1) is 0 Å². The molecule has 1 N–H and O–H groups in total. The van der Waals surface area contributed by atoms with E-state index in [0.29, 0.717) is 11.8 Å². The van der Waals surface area contributed by atoms with Crippen LogP contribution in [0.25, 0.3) is 0 Å². The van der Waals surface area contributed by atoms with Crippen molar-refractivity contribution in [3.8, 4) is 0 Å². The number of hydrogen-bond donors (Lipinski definition) is 1. The Morgan fingerprint density at radius 2 is 2.00 bits per heavy atom. The lowest BCUT2D eigenvalue weighted by molar-refractivity contribution is -0.117. The van der Waals surface area contributed by atoms with Crippen LogP contribution in [0.2, 0.25) is 0 Å². The molecule has 0 spiro atoms. The van der Waals surface area contributed by atoms with Gasteiger partial charge in [0.15, 0.2) is 0 Å². The lowest BCUT2D eigenvalue weighted by Gasteiger charge is -2.05. The predicted molar refractivity (Wildman–Crippen MR) is 83.5 cm³/mol. The summed E-state index contributed by atoms with van der Waals surface area (Å²) < 4.78 is 1.19. The summed E-state index contributed by atoms with van der Waals surface area (Å²) in [5.41, 5.74) is 0.911. The number of amides is 1. The normalized spacial score (nSPS) is 25.8. The lowest BCUT2D eigenvalue weighted by atomic mass is 10.1. The first-order chi connectivity index (χ1) is 8.63. The number of benzene rings is 1. The van der Waals surface area contributed by atoms with Crippen molar-refractivity contribution in [2.45, 2.75) is 33.1 Å². The molecule has 18 heavy (non-hydrogen) atoms. The van der Waals surface area contributed by atoms with E-state index in [4.69, 9.17) is 0 Å². The Balaban J connectivity index is 1.87. The first-order valence-electron chi connectivity index (χ1n) is 6.70. The number of unbranched alkanes of at least 4 members (excludes halogenated alkanes) is 1. The fourth-order valence-corrected chi connectivity index (χ4v) is 2.98. The molecule has 0 bridgehead atoms. The maximum atomic E-state index is 12.1. The topological polar surface area (TPSA) is 29.1 Å². The molecule has 1 fully saturated rings. The molecule has 1 aliphatic carbocycles. The van der Waals surface area contributed by atoms with Crippen molar-refractivity contribution < 1.29 is 4.79 Å². The highest BCUT2D eigenvalue weighted by Crippen LogP contribution is 2.49. The van der Waals surface area contributed by atoms with E-state index in [2.05, 4.69) is 41.8 Å². The predicted octanol–water partition coefficient (Wildman–Crippen LogP) is 4.30. The zero-order valence-corrected chi connectivity index (χ0v) is 13.1. The van der Waals surface area contributed by atoms with Crippen molar-refractivity contribution in [2.75, 3.05) is 5.32 Å². The molecule has 3 heteroatoms. The molecule has 0 unspecified atom stereocenters. The van der Waals surface area contributed by atoms with Gasteiger partial charge in [-0.05, 0) is 65.1 Å². The molecule has 0 aliphatic heterocycles. The van der Waals surface area contributed by atoms with Crippen LogP contribution in [0.4, 0.5) is 5.69 Å². The zero-order valence-electron chi connectivity index (χ0n) is 10.9. The molecule has 0 saturated heterocycles. The molecule has 3 atom stereocenters. The standard InChI is InChI=1S/C15H20INO/c1-3-4-5-13-10(2)14(13)15(18)17-12-8-6-11(16)7-9-12/h6-10,13-14H,3-5H2,1-2H3,(H,17,18)/t10-,13-,14+/m1/s1. The Labute approximate surface area is 123 Å². The Kier molecular flexibility index (Phi) is 4.65. The summed E-state index contributed by atoms with van der Waals surface area (Å²) in [6.07, 6.45) is 3.65. The van der Waals surface area contributed by atoms with Gasteiger partial charge in [0, 0.05) is 15.2 Å². The molecule has 1 amide bonds. The minimum absolute atomic E-state index is 0.199. The maximum absolute atomic E-state index is 12.1. The largest absolute Gasteiger partial charge is 0.326 e. The summed E-state index contributed by atoms with van der Waals surface area (Å²) in [5.74, 6) is 1.59. The Bertz CT molecular complexity index is 415. The second-order valence-electron chi connectivity index (χ2n) is 5.19. The van der Waals surface area contributed by atoms with Gasteiger partial charge in [0.25, 0.3) is 0 Å². The van der Waals surface area contributed by atoms with Crippen LogP contribution in [0.3, 0.4) is 0 Å². The van der Waals surface area contributed by atoms with Crippen LogP contribution >= 0.6 is 22.6 Å². The molecule has 1 saturated carbocycles. The molecule has 1 aromatic rings. The Morgan fingerprint density at radius 3 is 2.61 bits per heavy atom. The number of carbonyl (C=O) groups excluding carboxylic acids is 1. The SMILES string of the molecule is CCCC[C@@H]1[C@@H](C)[C@@H]1C(=O)Nc1ccc(I)cc1. The zero-order chi connectivity index (χ0) is 13.1. The van der Waals surface area contributed by atoms with Crippen LogP contribution < -0.4 is 5.32 Å². The molecule has 0 heterocycles. The molecular weight excluding hydrogens is 337 g/mol. The van der Waals surface area contributed by atoms with Crippen LogP contribution in [-0.2, 0) is 4.79 Å². The number of hydrogen-bond acceptors (Lipinski definition) is 1. The minimum Gasteiger partial charge on any atom is -0.326 e. The van der Waals surface area contributed by atoms with E-state index in [1.807, 2.05) is 24.3 Å². The van der Waals surface area contributed by atoms with E-state index in [0.717, 1.165) is 5.69 Å². The van der Waals surface area contributed by atoms with E-state index < -0.39 is 0 Å². The number of carbonyl (C=O) groups is 1. The molecule has 2 rings (SSSR count). The summed E-state index contributed by atoms with van der Waals surface area (Å²) in [6, 6.07) is 7.96. The van der Waals surface area contributed by atoms with E-state index in [1.165, 1.54) is 22.8 Å². The average Bonchev–Trinajstić information content (AvgIpc) is 3.00. The van der Waals surface area contributed by atoms with Crippen LogP contribution in [0, 0.1) is 21.3 Å². The van der Waals surface area contributed by atoms with E-state index in [1.54, 1.807) is 0 Å². The second kappa shape index (κ2) is 6.04. The molecule has 0 aromatic heterocycles. The highest BCUT2D eigenvalue weighted by atomic mass is 127. The van der Waals surface area contributed by atoms with E-state index in [9.17, 15) is 4.79 Å². The summed E-state index contributed by atoms with van der Waals surface area (Å²) in [6.45, 7) is 4.40. The minimum atomic E-state index is 0.199. The fourth-order valence-electron chi connectivity index (χ4n) is 2.62. The second-order valence-corrected chi connectivity index (χ2v) is 6.43. The monoisotopic (exact) mass is 357 g/mol. The third kappa shape index (κ3) is 3.25. The van der Waals surface area contributed by atoms with Gasteiger partial charge in [0.1, 0.15) is 0 Å². The number of halogens is 1. The maximum Gasteiger partial charge on any atom is 0.228 e. The van der Waals surface area contributed by atoms with E-state index in [-0.39, 0.29) is 11.8 Å². The molecular formula is C15H20INO. The van der Waals surface area contributed by atoms with Gasteiger partial charge in [-0.3, -0.25) is 4.79 Å². The summed E-state index contributed by atoms with van der Waals surface area (Å²) >= 11 is 2.26. The van der Waals surface area contributed by atoms with Crippen LogP contribution in [-0.4, -0.2) is 5.91 Å². The van der Waals surface area contributed by atoms with Crippen LogP contribution in [0.15, 0.2) is 24.3 Å². The molecule has 1 aromatic carbocycles. The quantitative estimate of drug-likeness (QED) is 0.782. The Morgan fingerprint density at radius 1 is 1.33 bits per heavy atom. The van der Waals surface area contributed by atoms with Crippen molar-refractivity contribution >= 4 is 34.2 Å². The average molecular weight is 357 g/mol. The van der Waals surface area contributed by atoms with Gasteiger partial charge < -0.3 is 5.32 Å². The summed E-state index contributed by atoms with van der Waals surface area (Å²) in [4.78, 5) is 12.1. The van der Waals surface area contributed by atoms with Crippen molar-refractivity contribution in [3.63, 3.8) is 0 Å². The van der Waals surface area contributed by atoms with Crippen LogP contribution in [0.1, 0.15) is 33.1 Å². The third-order valence-corrected chi connectivity index (χ3v) is 4.59. The van der Waals surface area contributed by atoms with Gasteiger partial charge in [-0.15, -0.1) is 0 Å². The number of rotatable bonds is 5. The van der Waals surface area contributed by atoms with Crippen LogP contribution in [0.5, 0.6) is 0 Å². The lowest BCUT2D eigenvalue weighted by Crippen LogP contribution is -2.15. The van der Waals surface area contributed by atoms with E-state index >= 15 is 0 Å². The third-order valence-electron chi connectivity index (χ3n) is 3.87. The number of nitrogens with one attached hydrogen (secondary N) is 1. The molecule has 1 aliphatic rings. The van der Waals surface area contributed by atoms with Gasteiger partial charge in [-0.2, -0.15) is 0 Å². The highest BCUT2D eigenvalue weighted by Gasteiger charge is 2.50. The number of anilines is 1. The fraction of sp³-hybridized carbons (Fsp3) is 0.533. The Hall–Kier alpha value is -0.580. The van der Waals surface area contributed by atoms with Crippen molar-refractivity contribution in [1.29, 1.82) is 0 Å². The smallest absolute Gasteiger partial charge is 0.228 e. The van der Waals surface area contributed by atoms with Gasteiger partial charge in [-0.25, -0.2) is 0 Å². The first-order valence-corrected chi connectivity index (χ1v) is 7.77. The molecule has 98 valence electrons. The first kappa shape index (κ1) is 13.8. The van der Waals surface area contributed by atoms with Crippen molar-refractivity contribution in [1.82, 2.24) is 0 Å². The highest BCUT2D eigenvalue weighted by molar-refractivity contribution is 14.1. The summed E-state index contributed by atoms with van der Waals surface area (Å²) in [5, 5.41) is 3.03. The molecule has 2 nitrogen and oxygen atoms in total. The van der Waals surface area contributed by atoms with Crippen molar-refractivity contribution in [3.05, 3.63) is 27.8 Å². The summed E-state index contributed by atoms with van der Waals surface area (Å²) in [7, 11) is 0.